The SMILES string of the molecule is CC/C=C\C/C=C\C/C=C\C/C=C\CCCCCCC(=O)OCC(COCCC/C=C\C/C=C\C/C=C\C/C=C\CC)OC(=O)CCCC/C=C\C/C=C\C/C=C\C/C=C\CC. The van der Waals surface area contributed by atoms with Gasteiger partial charge in [-0.25, -0.2) is 0 Å². The lowest BCUT2D eigenvalue weighted by molar-refractivity contribution is -0.163. The summed E-state index contributed by atoms with van der Waals surface area (Å²) in [6.45, 7) is 7.24. The third kappa shape index (κ3) is 48.4. The molecule has 0 saturated heterocycles. The summed E-state index contributed by atoms with van der Waals surface area (Å²) in [7, 11) is 0. The maximum Gasteiger partial charge on any atom is 0.306 e. The van der Waals surface area contributed by atoms with E-state index >= 15 is 0 Å². The number of esters is 2. The van der Waals surface area contributed by atoms with Gasteiger partial charge in [-0.1, -0.05) is 179 Å². The van der Waals surface area contributed by atoms with Crippen molar-refractivity contribution in [1.29, 1.82) is 0 Å². The summed E-state index contributed by atoms with van der Waals surface area (Å²) in [5.41, 5.74) is 0. The molecule has 0 amide bonds. The van der Waals surface area contributed by atoms with Crippen LogP contribution in [0.15, 0.2) is 146 Å². The molecule has 1 unspecified atom stereocenters. The number of unbranched alkanes of at least 4 members (excludes halogenated alkanes) is 7. The quantitative estimate of drug-likeness (QED) is 0.0348. The van der Waals surface area contributed by atoms with Crippen molar-refractivity contribution in [3.05, 3.63) is 146 Å². The van der Waals surface area contributed by atoms with Gasteiger partial charge in [0.2, 0.25) is 0 Å². The van der Waals surface area contributed by atoms with Crippen molar-refractivity contribution < 1.29 is 23.8 Å². The van der Waals surface area contributed by atoms with Crippen LogP contribution in [0.5, 0.6) is 0 Å². The molecular formula is C57H88O5. The number of hydrogen-bond acceptors (Lipinski definition) is 5. The van der Waals surface area contributed by atoms with Crippen LogP contribution in [-0.2, 0) is 23.8 Å². The monoisotopic (exact) mass is 853 g/mol. The molecule has 346 valence electrons. The Bertz CT molecular complexity index is 1380. The van der Waals surface area contributed by atoms with Crippen LogP contribution >= 0.6 is 0 Å². The Hall–Kier alpha value is -4.22. The first-order valence-corrected chi connectivity index (χ1v) is 24.4. The predicted octanol–water partition coefficient (Wildman–Crippen LogP) is 16.6. The summed E-state index contributed by atoms with van der Waals surface area (Å²) in [4.78, 5) is 25.3. The van der Waals surface area contributed by atoms with Gasteiger partial charge in [0.05, 0.1) is 6.61 Å². The third-order valence-corrected chi connectivity index (χ3v) is 9.35. The summed E-state index contributed by atoms with van der Waals surface area (Å²) in [6, 6.07) is 0. The molecule has 0 fully saturated rings. The molecule has 0 N–H and O–H groups in total. The molecule has 0 rings (SSSR count). The second-order valence-corrected chi connectivity index (χ2v) is 15.2. The maximum absolute atomic E-state index is 12.8. The van der Waals surface area contributed by atoms with Crippen LogP contribution in [0, 0.1) is 0 Å². The molecule has 1 atom stereocenters. The average Bonchev–Trinajstić information content (AvgIpc) is 3.27. The minimum Gasteiger partial charge on any atom is -0.462 e. The molecule has 0 aromatic carbocycles. The number of ether oxygens (including phenoxy) is 3. The highest BCUT2D eigenvalue weighted by Crippen LogP contribution is 2.10. The van der Waals surface area contributed by atoms with E-state index in [4.69, 9.17) is 14.2 Å². The molecular weight excluding hydrogens is 765 g/mol. The van der Waals surface area contributed by atoms with E-state index in [0.717, 1.165) is 141 Å². The summed E-state index contributed by atoms with van der Waals surface area (Å²) in [5, 5.41) is 0. The fourth-order valence-electron chi connectivity index (χ4n) is 5.85. The topological polar surface area (TPSA) is 61.8 Å². The van der Waals surface area contributed by atoms with E-state index in [1.54, 1.807) is 0 Å². The van der Waals surface area contributed by atoms with Gasteiger partial charge in [-0.3, -0.25) is 9.59 Å². The van der Waals surface area contributed by atoms with Crippen LogP contribution in [0.25, 0.3) is 0 Å². The fraction of sp³-hybridized carbons (Fsp3) is 0.544. The normalized spacial score (nSPS) is 13.5. The Morgan fingerprint density at radius 3 is 1.10 bits per heavy atom. The first kappa shape index (κ1) is 57.8. The lowest BCUT2D eigenvalue weighted by atomic mass is 10.1. The number of hydrogen-bond donors (Lipinski definition) is 0. The van der Waals surface area contributed by atoms with E-state index in [0.29, 0.717) is 19.4 Å². The average molecular weight is 853 g/mol. The van der Waals surface area contributed by atoms with Crippen LogP contribution in [0.3, 0.4) is 0 Å². The fourth-order valence-corrected chi connectivity index (χ4v) is 5.85. The highest BCUT2D eigenvalue weighted by Gasteiger charge is 2.17. The van der Waals surface area contributed by atoms with Crippen molar-refractivity contribution in [1.82, 2.24) is 0 Å². The van der Waals surface area contributed by atoms with E-state index < -0.39 is 6.10 Å². The Morgan fingerprint density at radius 2 is 0.677 bits per heavy atom. The van der Waals surface area contributed by atoms with Crippen LogP contribution in [0.1, 0.15) is 175 Å². The molecule has 0 spiro atoms. The second-order valence-electron chi connectivity index (χ2n) is 15.2. The van der Waals surface area contributed by atoms with Crippen LogP contribution in [0.2, 0.25) is 0 Å². The van der Waals surface area contributed by atoms with Gasteiger partial charge >= 0.3 is 11.9 Å². The van der Waals surface area contributed by atoms with E-state index in [1.807, 2.05) is 0 Å². The van der Waals surface area contributed by atoms with Gasteiger partial charge in [-0.05, 0) is 128 Å². The van der Waals surface area contributed by atoms with Gasteiger partial charge in [0.15, 0.2) is 6.10 Å². The first-order chi connectivity index (χ1) is 30.6. The summed E-state index contributed by atoms with van der Waals surface area (Å²) < 4.78 is 17.2. The minimum atomic E-state index is -0.607. The standard InChI is InChI=1S/C57H88O5/c1-4-7-10-13-16-19-22-25-28-29-31-32-35-38-41-44-47-50-56(58)61-54-55(53-60-52-49-46-43-40-37-34-27-24-21-18-15-12-9-6-3)62-57(59)51-48-45-42-39-36-33-30-26-23-20-17-14-11-8-5-2/h7-12,16-21,25-28,30-32,34,36,39-40,43,55H,4-6,13-15,22-24,29,33,35,37-38,41-42,44-54H2,1-3H3/b10-7-,11-8-,12-9-,19-16-,20-17-,21-18-,28-25-,30-26-,32-31-,34-27-,39-36-,43-40-. The van der Waals surface area contributed by atoms with Gasteiger partial charge in [0.1, 0.15) is 6.61 Å². The van der Waals surface area contributed by atoms with E-state index in [1.165, 1.54) is 0 Å². The number of carbonyl (C=O) groups excluding carboxylic acids is 2. The van der Waals surface area contributed by atoms with Crippen molar-refractivity contribution in [2.45, 2.75) is 181 Å². The van der Waals surface area contributed by atoms with Gasteiger partial charge in [0, 0.05) is 19.4 Å². The second kappa shape index (κ2) is 51.1. The first-order valence-electron chi connectivity index (χ1n) is 24.4. The zero-order chi connectivity index (χ0) is 44.9. The number of rotatable bonds is 42. The zero-order valence-electron chi connectivity index (χ0n) is 39.6. The maximum atomic E-state index is 12.8. The lowest BCUT2D eigenvalue weighted by Gasteiger charge is -2.18. The molecule has 5 heteroatoms. The highest BCUT2D eigenvalue weighted by molar-refractivity contribution is 5.70. The smallest absolute Gasteiger partial charge is 0.306 e. The summed E-state index contributed by atoms with van der Waals surface area (Å²) in [6.07, 6.45) is 74.4. The molecule has 0 bridgehead atoms. The van der Waals surface area contributed by atoms with Crippen molar-refractivity contribution >= 4 is 11.9 Å². The molecule has 0 aromatic rings. The van der Waals surface area contributed by atoms with Gasteiger partial charge in [-0.15, -0.1) is 0 Å². The lowest BCUT2D eigenvalue weighted by Crippen LogP contribution is -2.30. The van der Waals surface area contributed by atoms with Crippen LogP contribution in [0.4, 0.5) is 0 Å². The van der Waals surface area contributed by atoms with Crippen LogP contribution < -0.4 is 0 Å². The van der Waals surface area contributed by atoms with Gasteiger partial charge in [-0.2, -0.15) is 0 Å². The Kier molecular flexibility index (Phi) is 47.7. The zero-order valence-corrected chi connectivity index (χ0v) is 39.6. The molecule has 0 aliphatic rings. The highest BCUT2D eigenvalue weighted by atomic mass is 16.6. The molecule has 0 aliphatic carbocycles. The largest absolute Gasteiger partial charge is 0.462 e. The van der Waals surface area contributed by atoms with Gasteiger partial charge < -0.3 is 14.2 Å². The molecule has 62 heavy (non-hydrogen) atoms. The number of carbonyl (C=O) groups is 2. The van der Waals surface area contributed by atoms with E-state index in [9.17, 15) is 9.59 Å². The predicted molar refractivity (Wildman–Crippen MR) is 269 cm³/mol. The Balaban J connectivity index is 4.50. The summed E-state index contributed by atoms with van der Waals surface area (Å²) >= 11 is 0. The molecule has 0 radical (unpaired) electrons. The van der Waals surface area contributed by atoms with Crippen LogP contribution in [-0.4, -0.2) is 37.9 Å². The Labute approximate surface area is 381 Å². The van der Waals surface area contributed by atoms with Gasteiger partial charge in [0.25, 0.3) is 0 Å². The molecule has 0 saturated carbocycles. The molecule has 0 aliphatic heterocycles. The third-order valence-electron chi connectivity index (χ3n) is 9.35. The number of allylic oxidation sites excluding steroid dienone is 24. The van der Waals surface area contributed by atoms with E-state index in [2.05, 4.69) is 167 Å². The molecule has 0 aromatic heterocycles. The minimum absolute atomic E-state index is 0.0230. The van der Waals surface area contributed by atoms with E-state index in [-0.39, 0.29) is 25.2 Å². The summed E-state index contributed by atoms with van der Waals surface area (Å²) in [5.74, 6) is -0.518. The molecule has 0 heterocycles. The van der Waals surface area contributed by atoms with Crippen molar-refractivity contribution in [2.75, 3.05) is 19.8 Å². The molecule has 5 nitrogen and oxygen atoms in total. The van der Waals surface area contributed by atoms with Crippen molar-refractivity contribution in [3.8, 4) is 0 Å². The van der Waals surface area contributed by atoms with Crippen molar-refractivity contribution in [3.63, 3.8) is 0 Å². The Morgan fingerprint density at radius 1 is 0.355 bits per heavy atom. The van der Waals surface area contributed by atoms with Crippen molar-refractivity contribution in [2.24, 2.45) is 0 Å².